The Labute approximate surface area is 340 Å². The molecule has 13 heteroatoms. The Morgan fingerprint density at radius 3 is 2.12 bits per heavy atom. The van der Waals surface area contributed by atoms with Gasteiger partial charge in [-0.2, -0.15) is 0 Å². The van der Waals surface area contributed by atoms with Gasteiger partial charge in [-0.05, 0) is 84.2 Å². The van der Waals surface area contributed by atoms with Crippen LogP contribution in [0.5, 0.6) is 0 Å². The molecule has 4 atom stereocenters. The number of nitrogens with one attached hydrogen (secondary N) is 4. The predicted octanol–water partition coefficient (Wildman–Crippen LogP) is 4.90. The number of rotatable bonds is 20. The van der Waals surface area contributed by atoms with Crippen LogP contribution >= 0.6 is 0 Å². The van der Waals surface area contributed by atoms with E-state index < -0.39 is 57.0 Å². The summed E-state index contributed by atoms with van der Waals surface area (Å²) >= 11 is 0. The fourth-order valence-electron chi connectivity index (χ4n) is 9.34. The molecule has 0 aromatic heterocycles. The van der Waals surface area contributed by atoms with Crippen molar-refractivity contribution in [2.45, 2.75) is 130 Å². The zero-order chi connectivity index (χ0) is 41.8. The van der Waals surface area contributed by atoms with Crippen molar-refractivity contribution in [3.63, 3.8) is 0 Å². The lowest BCUT2D eigenvalue weighted by atomic mass is 9.83. The Balaban J connectivity index is 1.41. The molecule has 4 aliphatic carbocycles. The molecule has 4 aliphatic rings. The summed E-state index contributed by atoms with van der Waals surface area (Å²) in [4.78, 5) is 70.8. The first-order valence-electron chi connectivity index (χ1n) is 21.2. The molecule has 1 aromatic carbocycles. The molecule has 316 valence electrons. The lowest BCUT2D eigenvalue weighted by Crippen LogP contribution is -2.62. The summed E-state index contributed by atoms with van der Waals surface area (Å²) in [5.74, 6) is -2.24. The Hall–Kier alpha value is -3.74. The van der Waals surface area contributed by atoms with Gasteiger partial charge in [0.05, 0.1) is 29.6 Å². The number of amides is 5. The van der Waals surface area contributed by atoms with Gasteiger partial charge in [0, 0.05) is 13.1 Å². The lowest BCUT2D eigenvalue weighted by molar-refractivity contribution is -0.142. The summed E-state index contributed by atoms with van der Waals surface area (Å²) in [6.07, 6.45) is 8.84. The van der Waals surface area contributed by atoms with E-state index in [2.05, 4.69) is 55.5 Å². The second-order valence-electron chi connectivity index (χ2n) is 18.8. The number of urea groups is 1. The largest absolute Gasteiger partial charge is 0.346 e. The van der Waals surface area contributed by atoms with Gasteiger partial charge in [-0.25, -0.2) is 13.2 Å². The molecule has 0 radical (unpaired) electrons. The number of hydrogen-bond acceptors (Lipinski definition) is 7. The van der Waals surface area contributed by atoms with Gasteiger partial charge in [0.25, 0.3) is 5.91 Å². The maximum absolute atomic E-state index is 15.1. The number of hydrogen-bond donors (Lipinski definition) is 4. The van der Waals surface area contributed by atoms with Crippen LogP contribution in [-0.2, 0) is 41.9 Å². The lowest BCUT2D eigenvalue weighted by Gasteiger charge is -2.39. The van der Waals surface area contributed by atoms with Crippen LogP contribution in [0.25, 0.3) is 0 Å². The van der Waals surface area contributed by atoms with Gasteiger partial charge in [-0.1, -0.05) is 104 Å². The van der Waals surface area contributed by atoms with Crippen LogP contribution in [-0.4, -0.2) is 91.6 Å². The van der Waals surface area contributed by atoms with Crippen LogP contribution in [0.3, 0.4) is 0 Å². The number of nitrogens with zero attached hydrogens (tertiary/aromatic N) is 1. The number of fused-ring (bicyclic) bond motifs is 1. The van der Waals surface area contributed by atoms with Gasteiger partial charge < -0.3 is 26.2 Å². The monoisotopic (exact) mass is 809 g/mol. The summed E-state index contributed by atoms with van der Waals surface area (Å²) in [6, 6.07) is 5.30. The van der Waals surface area contributed by atoms with Gasteiger partial charge in [0.15, 0.2) is 9.84 Å². The molecule has 1 aromatic rings. The highest BCUT2D eigenvalue weighted by atomic mass is 32.2. The molecule has 3 saturated carbocycles. The third kappa shape index (κ3) is 11.1. The highest BCUT2D eigenvalue weighted by Gasteiger charge is 2.65. The molecule has 12 nitrogen and oxygen atoms in total. The molecule has 0 heterocycles. The molecule has 5 rings (SSSR count). The summed E-state index contributed by atoms with van der Waals surface area (Å²) in [7, 11) is -3.48. The third-order valence-electron chi connectivity index (χ3n) is 13.9. The van der Waals surface area contributed by atoms with E-state index in [1.807, 2.05) is 38.1 Å². The zero-order valence-corrected chi connectivity index (χ0v) is 35.9. The van der Waals surface area contributed by atoms with Gasteiger partial charge in [-0.3, -0.25) is 19.2 Å². The maximum Gasteiger partial charge on any atom is 0.315 e. The molecule has 57 heavy (non-hydrogen) atoms. The van der Waals surface area contributed by atoms with E-state index in [1.54, 1.807) is 0 Å². The highest BCUT2D eigenvalue weighted by molar-refractivity contribution is 7.91. The quantitative estimate of drug-likeness (QED) is 0.107. The van der Waals surface area contributed by atoms with Crippen LogP contribution < -0.4 is 21.3 Å². The van der Waals surface area contributed by atoms with Crippen molar-refractivity contribution in [1.29, 1.82) is 0 Å². The van der Waals surface area contributed by atoms with Gasteiger partial charge in [0.1, 0.15) is 6.04 Å². The number of sulfone groups is 1. The number of benzene rings is 1. The van der Waals surface area contributed by atoms with Crippen LogP contribution in [0.1, 0.15) is 110 Å². The number of Topliss-reactive ketones (excluding diaryl/α,β-unsaturated/α-hetero) is 1. The summed E-state index contributed by atoms with van der Waals surface area (Å²) in [5, 5.41) is 11.5. The summed E-state index contributed by atoms with van der Waals surface area (Å²) in [6.45, 7) is 16.1. The molecule has 0 spiro atoms. The molecular formula is C44H67N5O7S. The molecule has 0 saturated heterocycles. The van der Waals surface area contributed by atoms with Crippen LogP contribution in [0, 0.1) is 34.5 Å². The van der Waals surface area contributed by atoms with E-state index >= 15 is 4.79 Å². The first-order valence-corrected chi connectivity index (χ1v) is 23.0. The minimum absolute atomic E-state index is 0.0499. The summed E-state index contributed by atoms with van der Waals surface area (Å²) < 4.78 is 26.8. The average Bonchev–Trinajstić information content (AvgIpc) is 3.96. The van der Waals surface area contributed by atoms with Crippen molar-refractivity contribution in [2.75, 3.05) is 31.1 Å². The molecule has 4 N–H and O–H groups in total. The molecule has 3 unspecified atom stereocenters. The van der Waals surface area contributed by atoms with E-state index in [-0.39, 0.29) is 65.6 Å². The number of carbonyl (C=O) groups excluding carboxylic acids is 5. The molecule has 3 fully saturated rings. The standard InChI is InChI=1S/C44H67N5O7S/c1-8-21-45-39(52)38(51)35(23-31-16-17-31)46-36(50)26-49(27-43(7)30(4)42(43,5)6)40(53)37(34-24-32-14-10-11-15-33(32)25-34)47-41(54)48-44(19-12-9-13-20-44)28-57(55,56)22-18-29(2)3/h8,10-11,14-15,29-31,34-35,37H,1,9,12-13,16-28H2,2-7H3,(H,45,52)(H,46,50)(H2,47,48,54)/t30?,35?,37-,43?/m0/s1. The van der Waals surface area contributed by atoms with Crippen molar-refractivity contribution in [3.8, 4) is 0 Å². The first kappa shape index (κ1) is 44.4. The van der Waals surface area contributed by atoms with Gasteiger partial charge in [0.2, 0.25) is 17.6 Å². The molecule has 0 bridgehead atoms. The van der Waals surface area contributed by atoms with Gasteiger partial charge in [-0.15, -0.1) is 6.58 Å². The van der Waals surface area contributed by atoms with Crippen molar-refractivity contribution in [2.24, 2.45) is 34.5 Å². The predicted molar refractivity (Wildman–Crippen MR) is 222 cm³/mol. The zero-order valence-electron chi connectivity index (χ0n) is 35.1. The fraction of sp³-hybridized carbons (Fsp3) is 0.705. The minimum atomic E-state index is -3.48. The Morgan fingerprint density at radius 2 is 1.58 bits per heavy atom. The second kappa shape index (κ2) is 18.0. The van der Waals surface area contributed by atoms with Crippen molar-refractivity contribution >= 4 is 39.4 Å². The molecular weight excluding hydrogens is 743 g/mol. The topological polar surface area (TPSA) is 171 Å². The van der Waals surface area contributed by atoms with Crippen molar-refractivity contribution in [3.05, 3.63) is 48.0 Å². The fourth-order valence-corrected chi connectivity index (χ4v) is 11.5. The number of carbonyl (C=O) groups is 5. The number of ketones is 1. The second-order valence-corrected chi connectivity index (χ2v) is 21.0. The SMILES string of the molecule is C=CCNC(=O)C(=O)C(CC1CC1)NC(=O)CN(CC1(C)C(C)C1(C)C)C(=O)[C@@H](NC(=O)NC1(CS(=O)(=O)CCC(C)C)CCCCC1)C1Cc2ccccc2C1. The van der Waals surface area contributed by atoms with Crippen LogP contribution in [0.4, 0.5) is 4.79 Å². The Morgan fingerprint density at radius 1 is 0.965 bits per heavy atom. The molecule has 0 aliphatic heterocycles. The Kier molecular flexibility index (Phi) is 14.0. The maximum atomic E-state index is 15.1. The van der Waals surface area contributed by atoms with E-state index in [4.69, 9.17) is 0 Å². The van der Waals surface area contributed by atoms with E-state index in [1.165, 1.54) is 11.0 Å². The third-order valence-corrected chi connectivity index (χ3v) is 15.8. The molecule has 5 amide bonds. The van der Waals surface area contributed by atoms with Crippen LogP contribution in [0.2, 0.25) is 0 Å². The summed E-state index contributed by atoms with van der Waals surface area (Å²) in [5.41, 5.74) is 0.761. The van der Waals surface area contributed by atoms with Crippen LogP contribution in [0.15, 0.2) is 36.9 Å². The van der Waals surface area contributed by atoms with Crippen molar-refractivity contribution in [1.82, 2.24) is 26.2 Å². The highest BCUT2D eigenvalue weighted by Crippen LogP contribution is 2.68. The first-order chi connectivity index (χ1) is 26.8. The van der Waals surface area contributed by atoms with E-state index in [0.29, 0.717) is 38.5 Å². The smallest absolute Gasteiger partial charge is 0.315 e. The van der Waals surface area contributed by atoms with Gasteiger partial charge >= 0.3 is 6.03 Å². The Bertz CT molecular complexity index is 1760. The van der Waals surface area contributed by atoms with Crippen molar-refractivity contribution < 1.29 is 32.4 Å². The van der Waals surface area contributed by atoms with E-state index in [0.717, 1.165) is 43.2 Å². The van der Waals surface area contributed by atoms with E-state index in [9.17, 15) is 27.6 Å². The minimum Gasteiger partial charge on any atom is -0.346 e. The average molecular weight is 810 g/mol. The normalized spacial score (nSPS) is 23.4.